The molecule has 2 N–H and O–H groups in total. The second-order valence-corrected chi connectivity index (χ2v) is 7.70. The zero-order valence-corrected chi connectivity index (χ0v) is 17.6. The Bertz CT molecular complexity index is 1310. The van der Waals surface area contributed by atoms with Gasteiger partial charge in [0.05, 0.1) is 18.5 Å². The van der Waals surface area contributed by atoms with Crippen molar-refractivity contribution in [3.8, 4) is 34.1 Å². The summed E-state index contributed by atoms with van der Waals surface area (Å²) in [6.07, 6.45) is 0. The Hall–Kier alpha value is -4.18. The van der Waals surface area contributed by atoms with Crippen LogP contribution in [-0.4, -0.2) is 35.7 Å². The van der Waals surface area contributed by atoms with Crippen molar-refractivity contribution in [1.82, 2.24) is 10.1 Å². The highest BCUT2D eigenvalue weighted by atomic mass is 32.1. The molecule has 5 rings (SSSR count). The Morgan fingerprint density at radius 2 is 1.97 bits per heavy atom. The molecule has 2 aromatic carbocycles. The van der Waals surface area contributed by atoms with Gasteiger partial charge < -0.3 is 19.3 Å². The lowest BCUT2D eigenvalue weighted by Gasteiger charge is -2.18. The van der Waals surface area contributed by atoms with Crippen molar-refractivity contribution in [2.24, 2.45) is 0 Å². The van der Waals surface area contributed by atoms with Crippen molar-refractivity contribution in [2.75, 3.05) is 24.4 Å². The fraction of sp³-hybridized carbons (Fsp3) is 0.0909. The molecule has 0 unspecified atom stereocenters. The maximum absolute atomic E-state index is 12.6. The molecule has 10 heteroatoms. The van der Waals surface area contributed by atoms with Gasteiger partial charge in [-0.3, -0.25) is 14.9 Å². The Morgan fingerprint density at radius 3 is 2.78 bits per heavy atom. The van der Waals surface area contributed by atoms with Crippen LogP contribution in [0.15, 0.2) is 58.4 Å². The molecule has 0 saturated heterocycles. The smallest absolute Gasteiger partial charge is 0.279 e. The van der Waals surface area contributed by atoms with E-state index in [1.165, 1.54) is 11.3 Å². The van der Waals surface area contributed by atoms with Crippen molar-refractivity contribution in [3.05, 3.63) is 59.6 Å². The average molecular weight is 448 g/mol. The molecule has 1 aliphatic heterocycles. The predicted octanol–water partition coefficient (Wildman–Crippen LogP) is 4.06. The Labute approximate surface area is 186 Å². The van der Waals surface area contributed by atoms with E-state index >= 15 is 0 Å². The summed E-state index contributed by atoms with van der Waals surface area (Å²) < 4.78 is 15.8. The average Bonchev–Trinajstić information content (AvgIpc) is 3.49. The standard InChI is InChI=1S/C22H16N4O5S/c1-29-14-5-2-12(3-6-14)19-9-16(26-31-19)21(28)25-22-24-17(11-32-22)13-4-7-18-15(8-13)23-20(27)10-30-18/h2-9,11H,10H2,1H3,(H,23,27)(H,24,25,28). The van der Waals surface area contributed by atoms with Gasteiger partial charge in [-0.2, -0.15) is 0 Å². The van der Waals surface area contributed by atoms with E-state index in [-0.39, 0.29) is 18.2 Å². The van der Waals surface area contributed by atoms with Gasteiger partial charge in [0.2, 0.25) is 0 Å². The first-order chi connectivity index (χ1) is 15.6. The number of benzene rings is 2. The lowest BCUT2D eigenvalue weighted by Crippen LogP contribution is -2.25. The van der Waals surface area contributed by atoms with Gasteiger partial charge in [-0.05, 0) is 42.5 Å². The second kappa shape index (κ2) is 8.16. The molecule has 0 atom stereocenters. The summed E-state index contributed by atoms with van der Waals surface area (Å²) in [6, 6.07) is 14.2. The van der Waals surface area contributed by atoms with Gasteiger partial charge in [-0.15, -0.1) is 11.3 Å². The fourth-order valence-corrected chi connectivity index (χ4v) is 3.86. The number of carbonyl (C=O) groups is 2. The zero-order valence-electron chi connectivity index (χ0n) is 16.7. The van der Waals surface area contributed by atoms with E-state index in [1.807, 2.05) is 23.6 Å². The molecule has 0 bridgehead atoms. The highest BCUT2D eigenvalue weighted by Crippen LogP contribution is 2.34. The molecule has 0 saturated carbocycles. The minimum Gasteiger partial charge on any atom is -0.497 e. The van der Waals surface area contributed by atoms with Crippen molar-refractivity contribution in [1.29, 1.82) is 0 Å². The molecule has 2 amide bonds. The highest BCUT2D eigenvalue weighted by Gasteiger charge is 2.18. The van der Waals surface area contributed by atoms with Gasteiger partial charge in [0, 0.05) is 22.6 Å². The number of ether oxygens (including phenoxy) is 2. The molecule has 1 aliphatic rings. The van der Waals surface area contributed by atoms with Crippen LogP contribution in [0, 0.1) is 0 Å². The summed E-state index contributed by atoms with van der Waals surface area (Å²) in [5.74, 6) is 1.16. The van der Waals surface area contributed by atoms with Gasteiger partial charge in [0.25, 0.3) is 11.8 Å². The number of nitrogens with zero attached hydrogens (tertiary/aromatic N) is 2. The largest absolute Gasteiger partial charge is 0.497 e. The van der Waals surface area contributed by atoms with E-state index in [0.717, 1.165) is 16.9 Å². The number of hydrogen-bond acceptors (Lipinski definition) is 8. The lowest BCUT2D eigenvalue weighted by molar-refractivity contribution is -0.118. The molecular formula is C22H16N4O5S. The fourth-order valence-electron chi connectivity index (χ4n) is 3.14. The van der Waals surface area contributed by atoms with Gasteiger partial charge in [-0.1, -0.05) is 5.16 Å². The molecule has 0 radical (unpaired) electrons. The Morgan fingerprint density at radius 1 is 1.16 bits per heavy atom. The van der Waals surface area contributed by atoms with Crippen molar-refractivity contribution < 1.29 is 23.6 Å². The lowest BCUT2D eigenvalue weighted by atomic mass is 10.1. The predicted molar refractivity (Wildman–Crippen MR) is 118 cm³/mol. The van der Waals surface area contributed by atoms with Crippen LogP contribution >= 0.6 is 11.3 Å². The van der Waals surface area contributed by atoms with Crippen LogP contribution in [0.4, 0.5) is 10.8 Å². The first-order valence-electron chi connectivity index (χ1n) is 9.54. The van der Waals surface area contributed by atoms with E-state index in [2.05, 4.69) is 20.8 Å². The van der Waals surface area contributed by atoms with Gasteiger partial charge in [0.1, 0.15) is 11.5 Å². The van der Waals surface area contributed by atoms with E-state index in [0.29, 0.717) is 28.0 Å². The van der Waals surface area contributed by atoms with E-state index < -0.39 is 5.91 Å². The molecule has 0 fully saturated rings. The molecule has 0 spiro atoms. The van der Waals surface area contributed by atoms with E-state index in [1.54, 1.807) is 37.4 Å². The highest BCUT2D eigenvalue weighted by molar-refractivity contribution is 7.14. The number of carbonyl (C=O) groups excluding carboxylic acids is 2. The summed E-state index contributed by atoms with van der Waals surface area (Å²) in [4.78, 5) is 28.6. The molecule has 3 heterocycles. The molecule has 4 aromatic rings. The van der Waals surface area contributed by atoms with Crippen LogP contribution in [-0.2, 0) is 4.79 Å². The molecule has 2 aromatic heterocycles. The number of hydrogen-bond donors (Lipinski definition) is 2. The maximum Gasteiger partial charge on any atom is 0.279 e. The van der Waals surface area contributed by atoms with Crippen molar-refractivity contribution in [3.63, 3.8) is 0 Å². The number of rotatable bonds is 5. The van der Waals surface area contributed by atoms with Crippen LogP contribution in [0.2, 0.25) is 0 Å². The van der Waals surface area contributed by atoms with Gasteiger partial charge in [0.15, 0.2) is 23.2 Å². The maximum atomic E-state index is 12.6. The van der Waals surface area contributed by atoms with Gasteiger partial charge >= 0.3 is 0 Å². The topological polar surface area (TPSA) is 116 Å². The van der Waals surface area contributed by atoms with Crippen molar-refractivity contribution in [2.45, 2.75) is 0 Å². The number of amides is 2. The van der Waals surface area contributed by atoms with Crippen molar-refractivity contribution >= 4 is 34.0 Å². The van der Waals surface area contributed by atoms with E-state index in [4.69, 9.17) is 14.0 Å². The number of thiazole rings is 1. The SMILES string of the molecule is COc1ccc(-c2cc(C(=O)Nc3nc(-c4ccc5c(c4)NC(=O)CO5)cs3)no2)cc1. The number of methoxy groups -OCH3 is 1. The number of nitrogens with one attached hydrogen (secondary N) is 2. The third-order valence-corrected chi connectivity index (χ3v) is 5.51. The third kappa shape index (κ3) is 3.91. The summed E-state index contributed by atoms with van der Waals surface area (Å²) in [7, 11) is 1.59. The van der Waals surface area contributed by atoms with Gasteiger partial charge in [-0.25, -0.2) is 4.98 Å². The number of anilines is 2. The molecule has 160 valence electrons. The minimum atomic E-state index is -0.430. The summed E-state index contributed by atoms with van der Waals surface area (Å²) >= 11 is 1.28. The van der Waals surface area contributed by atoms with E-state index in [9.17, 15) is 9.59 Å². The van der Waals surface area contributed by atoms with Crippen LogP contribution in [0.25, 0.3) is 22.6 Å². The molecular weight excluding hydrogens is 432 g/mol. The Kier molecular flexibility index (Phi) is 5.04. The normalized spacial score (nSPS) is 12.5. The summed E-state index contributed by atoms with van der Waals surface area (Å²) in [5.41, 5.74) is 2.95. The molecule has 0 aliphatic carbocycles. The molecule has 32 heavy (non-hydrogen) atoms. The van der Waals surface area contributed by atoms with Crippen LogP contribution in [0.3, 0.4) is 0 Å². The number of aromatic nitrogens is 2. The second-order valence-electron chi connectivity index (χ2n) is 6.84. The summed E-state index contributed by atoms with van der Waals surface area (Å²) in [5, 5.41) is 11.6. The first kappa shape index (κ1) is 19.8. The number of fused-ring (bicyclic) bond motifs is 1. The quantitative estimate of drug-likeness (QED) is 0.473. The minimum absolute atomic E-state index is 0.00144. The monoisotopic (exact) mass is 448 g/mol. The first-order valence-corrected chi connectivity index (χ1v) is 10.4. The third-order valence-electron chi connectivity index (χ3n) is 4.75. The molecule has 9 nitrogen and oxygen atoms in total. The van der Waals surface area contributed by atoms with Crippen LogP contribution < -0.4 is 20.1 Å². The summed E-state index contributed by atoms with van der Waals surface area (Å²) in [6.45, 7) is 0.00144. The van der Waals surface area contributed by atoms with Crippen LogP contribution in [0.5, 0.6) is 11.5 Å². The zero-order chi connectivity index (χ0) is 22.1. The van der Waals surface area contributed by atoms with Crippen LogP contribution in [0.1, 0.15) is 10.5 Å². The Balaban J connectivity index is 1.30.